The highest BCUT2D eigenvalue weighted by Gasteiger charge is 2.30. The third kappa shape index (κ3) is 5.39. The summed E-state index contributed by atoms with van der Waals surface area (Å²) in [5, 5.41) is 2.73. The van der Waals surface area contributed by atoms with Crippen LogP contribution in [-0.2, 0) is 16.2 Å². The molecule has 2 aromatic carbocycles. The lowest BCUT2D eigenvalue weighted by Gasteiger charge is -2.14. The zero-order valence-electron chi connectivity index (χ0n) is 15.0. The third-order valence-electron chi connectivity index (χ3n) is 3.92. The number of benzene rings is 2. The zero-order chi connectivity index (χ0) is 21.1. The summed E-state index contributed by atoms with van der Waals surface area (Å²) in [6.07, 6.45) is -3.94. The number of halogens is 4. The maximum atomic E-state index is 12.8. The van der Waals surface area contributed by atoms with Crippen molar-refractivity contribution in [2.75, 3.05) is 4.72 Å². The van der Waals surface area contributed by atoms with Gasteiger partial charge in [-0.05, 0) is 49.7 Å². The second kappa shape index (κ2) is 8.40. The highest BCUT2D eigenvalue weighted by atomic mass is 35.5. The minimum absolute atomic E-state index is 0.0473. The van der Waals surface area contributed by atoms with Crippen molar-refractivity contribution < 1.29 is 26.4 Å². The molecule has 0 radical (unpaired) electrons. The van der Waals surface area contributed by atoms with Gasteiger partial charge in [-0.15, -0.1) is 0 Å². The number of anilines is 1. The van der Waals surface area contributed by atoms with Gasteiger partial charge < -0.3 is 5.32 Å². The van der Waals surface area contributed by atoms with Gasteiger partial charge in [0.1, 0.15) is 0 Å². The van der Waals surface area contributed by atoms with E-state index in [9.17, 15) is 26.4 Å². The number of carbonyl (C=O) groups is 1. The first kappa shape index (κ1) is 22.0. The Bertz CT molecular complexity index is 978. The smallest absolute Gasteiger partial charge is 0.350 e. The van der Waals surface area contributed by atoms with Crippen LogP contribution in [0.5, 0.6) is 0 Å². The molecule has 0 aliphatic carbocycles. The minimum atomic E-state index is -4.61. The summed E-state index contributed by atoms with van der Waals surface area (Å²) >= 11 is 6.00. The largest absolute Gasteiger partial charge is 0.416 e. The molecule has 1 unspecified atom stereocenters. The second-order valence-corrected chi connectivity index (χ2v) is 8.20. The molecule has 0 saturated carbocycles. The quantitative estimate of drug-likeness (QED) is 0.692. The van der Waals surface area contributed by atoms with E-state index in [1.165, 1.54) is 12.1 Å². The third-order valence-corrected chi connectivity index (χ3v) is 5.63. The summed E-state index contributed by atoms with van der Waals surface area (Å²) in [6, 6.07) is 7.14. The van der Waals surface area contributed by atoms with E-state index in [0.717, 1.165) is 24.3 Å². The summed E-state index contributed by atoms with van der Waals surface area (Å²) in [5.74, 6) is -0.546. The molecule has 0 heterocycles. The minimum Gasteiger partial charge on any atom is -0.350 e. The number of rotatable bonds is 6. The number of nitrogens with one attached hydrogen (secondary N) is 2. The average Bonchev–Trinajstić information content (AvgIpc) is 2.60. The van der Waals surface area contributed by atoms with Crippen molar-refractivity contribution in [3.05, 3.63) is 58.6 Å². The van der Waals surface area contributed by atoms with E-state index in [2.05, 4.69) is 10.0 Å². The Kier molecular flexibility index (Phi) is 6.61. The number of amides is 1. The first-order chi connectivity index (χ1) is 12.9. The SMILES string of the molecule is CCC(C)NC(=O)c1cc(S(=O)(=O)Nc2cccc(C(F)(F)F)c2)ccc1Cl. The Balaban J connectivity index is 2.34. The van der Waals surface area contributed by atoms with Gasteiger partial charge in [0.25, 0.3) is 15.9 Å². The van der Waals surface area contributed by atoms with E-state index in [4.69, 9.17) is 11.6 Å². The van der Waals surface area contributed by atoms with Crippen LogP contribution in [-0.4, -0.2) is 20.4 Å². The molecular weight excluding hydrogens is 417 g/mol. The molecule has 0 aliphatic heterocycles. The van der Waals surface area contributed by atoms with Crippen molar-refractivity contribution in [2.24, 2.45) is 0 Å². The Labute approximate surface area is 166 Å². The highest BCUT2D eigenvalue weighted by Crippen LogP contribution is 2.31. The molecule has 152 valence electrons. The molecule has 0 aromatic heterocycles. The van der Waals surface area contributed by atoms with Crippen LogP contribution >= 0.6 is 11.6 Å². The molecule has 5 nitrogen and oxygen atoms in total. The molecule has 2 N–H and O–H groups in total. The van der Waals surface area contributed by atoms with Crippen LogP contribution in [0.4, 0.5) is 18.9 Å². The van der Waals surface area contributed by atoms with Gasteiger partial charge in [0.05, 0.1) is 21.0 Å². The molecule has 2 aromatic rings. The molecular formula is C18H18ClF3N2O3S. The zero-order valence-corrected chi connectivity index (χ0v) is 16.5. The fourth-order valence-electron chi connectivity index (χ4n) is 2.22. The monoisotopic (exact) mass is 434 g/mol. The van der Waals surface area contributed by atoms with Gasteiger partial charge in [0.15, 0.2) is 0 Å². The van der Waals surface area contributed by atoms with E-state index in [0.29, 0.717) is 12.5 Å². The van der Waals surface area contributed by atoms with Gasteiger partial charge >= 0.3 is 6.18 Å². The molecule has 0 aliphatic rings. The summed E-state index contributed by atoms with van der Waals surface area (Å²) in [7, 11) is -4.24. The van der Waals surface area contributed by atoms with Crippen LogP contribution in [0.25, 0.3) is 0 Å². The molecule has 0 spiro atoms. The van der Waals surface area contributed by atoms with Gasteiger partial charge in [-0.25, -0.2) is 8.42 Å². The summed E-state index contributed by atoms with van der Waals surface area (Å²) in [4.78, 5) is 12.0. The molecule has 10 heteroatoms. The summed E-state index contributed by atoms with van der Waals surface area (Å²) in [5.41, 5.74) is -1.29. The van der Waals surface area contributed by atoms with Gasteiger partial charge in [0, 0.05) is 11.7 Å². The Morgan fingerprint density at radius 3 is 2.46 bits per heavy atom. The molecule has 1 atom stereocenters. The van der Waals surface area contributed by atoms with Crippen LogP contribution in [0.2, 0.25) is 5.02 Å². The number of sulfonamides is 1. The van der Waals surface area contributed by atoms with Gasteiger partial charge in [0.2, 0.25) is 0 Å². The Morgan fingerprint density at radius 2 is 1.86 bits per heavy atom. The highest BCUT2D eigenvalue weighted by molar-refractivity contribution is 7.92. The lowest BCUT2D eigenvalue weighted by molar-refractivity contribution is -0.137. The van der Waals surface area contributed by atoms with E-state index in [1.54, 1.807) is 6.92 Å². The number of hydrogen-bond donors (Lipinski definition) is 2. The predicted octanol–water partition coefficient (Wildman–Crippen LogP) is 4.69. The van der Waals surface area contributed by atoms with Crippen LogP contribution < -0.4 is 10.0 Å². The normalized spacial score (nSPS) is 13.1. The van der Waals surface area contributed by atoms with E-state index in [1.807, 2.05) is 6.92 Å². The average molecular weight is 435 g/mol. The van der Waals surface area contributed by atoms with E-state index in [-0.39, 0.29) is 27.2 Å². The number of alkyl halides is 3. The molecule has 1 amide bonds. The van der Waals surface area contributed by atoms with Crippen molar-refractivity contribution in [2.45, 2.75) is 37.4 Å². The van der Waals surface area contributed by atoms with Gasteiger partial charge in [-0.2, -0.15) is 13.2 Å². The first-order valence-corrected chi connectivity index (χ1v) is 10.1. The fraction of sp³-hybridized carbons (Fsp3) is 0.278. The molecule has 28 heavy (non-hydrogen) atoms. The Hall–Kier alpha value is -2.26. The summed E-state index contributed by atoms with van der Waals surface area (Å²) < 4.78 is 65.6. The van der Waals surface area contributed by atoms with Crippen LogP contribution in [0.3, 0.4) is 0 Å². The predicted molar refractivity (Wildman–Crippen MR) is 101 cm³/mol. The Morgan fingerprint density at radius 1 is 1.18 bits per heavy atom. The maximum absolute atomic E-state index is 12.8. The van der Waals surface area contributed by atoms with Crippen LogP contribution in [0, 0.1) is 0 Å². The maximum Gasteiger partial charge on any atom is 0.416 e. The molecule has 0 fully saturated rings. The number of carbonyl (C=O) groups excluding carboxylic acids is 1. The van der Waals surface area contributed by atoms with E-state index < -0.39 is 27.7 Å². The van der Waals surface area contributed by atoms with Crippen LogP contribution in [0.15, 0.2) is 47.4 Å². The number of hydrogen-bond acceptors (Lipinski definition) is 3. The first-order valence-electron chi connectivity index (χ1n) is 8.24. The van der Waals surface area contributed by atoms with Crippen molar-refractivity contribution in [3.63, 3.8) is 0 Å². The van der Waals surface area contributed by atoms with Crippen LogP contribution in [0.1, 0.15) is 36.2 Å². The lowest BCUT2D eigenvalue weighted by Crippen LogP contribution is -2.32. The summed E-state index contributed by atoms with van der Waals surface area (Å²) in [6.45, 7) is 3.65. The fourth-order valence-corrected chi connectivity index (χ4v) is 3.50. The second-order valence-electron chi connectivity index (χ2n) is 6.11. The van der Waals surface area contributed by atoms with Gasteiger partial charge in [-0.3, -0.25) is 9.52 Å². The molecule has 2 rings (SSSR count). The van der Waals surface area contributed by atoms with Gasteiger partial charge in [-0.1, -0.05) is 24.6 Å². The van der Waals surface area contributed by atoms with Crippen molar-refractivity contribution in [1.82, 2.24) is 5.32 Å². The molecule has 0 saturated heterocycles. The standard InChI is InChI=1S/C18H18ClF3N2O3S/c1-3-11(2)23-17(25)15-10-14(7-8-16(15)19)28(26,27)24-13-6-4-5-12(9-13)18(20,21)22/h4-11,24H,3H2,1-2H3,(H,23,25). The van der Waals surface area contributed by atoms with Crippen molar-refractivity contribution >= 4 is 33.2 Å². The molecule has 0 bridgehead atoms. The van der Waals surface area contributed by atoms with E-state index >= 15 is 0 Å². The van der Waals surface area contributed by atoms with Crippen molar-refractivity contribution in [1.29, 1.82) is 0 Å². The lowest BCUT2D eigenvalue weighted by atomic mass is 10.2. The van der Waals surface area contributed by atoms with Crippen molar-refractivity contribution in [3.8, 4) is 0 Å². The topological polar surface area (TPSA) is 75.3 Å².